The predicted molar refractivity (Wildman–Crippen MR) is 105 cm³/mol. The molecule has 0 unspecified atom stereocenters. The van der Waals surface area contributed by atoms with Crippen LogP contribution >= 0.6 is 11.6 Å². The molecule has 0 saturated carbocycles. The van der Waals surface area contributed by atoms with Crippen molar-refractivity contribution in [2.24, 2.45) is 0 Å². The number of halogens is 3. The zero-order valence-electron chi connectivity index (χ0n) is 15.7. The SMILES string of the molecule is COc1ccc(CCNC(=O)CCNC(=O)c2ccc(Cl)cc2)cc1OC(F)F. The van der Waals surface area contributed by atoms with Gasteiger partial charge in [-0.2, -0.15) is 8.78 Å². The van der Waals surface area contributed by atoms with Gasteiger partial charge in [0.05, 0.1) is 7.11 Å². The molecule has 2 amide bonds. The van der Waals surface area contributed by atoms with Crippen LogP contribution in [-0.2, 0) is 11.2 Å². The molecule has 156 valence electrons. The Hall–Kier alpha value is -2.87. The average molecular weight is 427 g/mol. The van der Waals surface area contributed by atoms with Crippen LogP contribution in [-0.4, -0.2) is 38.6 Å². The minimum absolute atomic E-state index is 0.0590. The van der Waals surface area contributed by atoms with Gasteiger partial charge in [-0.25, -0.2) is 0 Å². The van der Waals surface area contributed by atoms with Crippen molar-refractivity contribution in [1.82, 2.24) is 10.6 Å². The molecule has 9 heteroatoms. The first-order chi connectivity index (χ1) is 13.9. The van der Waals surface area contributed by atoms with Crippen LogP contribution in [0.15, 0.2) is 42.5 Å². The highest BCUT2D eigenvalue weighted by Gasteiger charge is 2.11. The van der Waals surface area contributed by atoms with E-state index in [0.717, 1.165) is 0 Å². The van der Waals surface area contributed by atoms with Gasteiger partial charge in [0.1, 0.15) is 0 Å². The molecule has 2 N–H and O–H groups in total. The van der Waals surface area contributed by atoms with E-state index in [1.165, 1.54) is 19.2 Å². The number of carbonyl (C=O) groups is 2. The van der Waals surface area contributed by atoms with E-state index in [-0.39, 0.29) is 36.3 Å². The van der Waals surface area contributed by atoms with Gasteiger partial charge in [-0.15, -0.1) is 0 Å². The van der Waals surface area contributed by atoms with Crippen LogP contribution < -0.4 is 20.1 Å². The summed E-state index contributed by atoms with van der Waals surface area (Å²) in [6.45, 7) is -2.46. The molecule has 0 atom stereocenters. The van der Waals surface area contributed by atoms with Gasteiger partial charge in [0.2, 0.25) is 5.91 Å². The molecule has 29 heavy (non-hydrogen) atoms. The van der Waals surface area contributed by atoms with Crippen LogP contribution in [0.5, 0.6) is 11.5 Å². The van der Waals surface area contributed by atoms with E-state index >= 15 is 0 Å². The number of nitrogens with one attached hydrogen (secondary N) is 2. The van der Waals surface area contributed by atoms with Crippen LogP contribution in [0.1, 0.15) is 22.3 Å². The third-order valence-corrected chi connectivity index (χ3v) is 4.18. The van der Waals surface area contributed by atoms with Crippen molar-refractivity contribution in [2.45, 2.75) is 19.5 Å². The molecular weight excluding hydrogens is 406 g/mol. The molecule has 2 rings (SSSR count). The van der Waals surface area contributed by atoms with Crippen LogP contribution in [0.3, 0.4) is 0 Å². The molecule has 0 fully saturated rings. The molecule has 0 saturated heterocycles. The van der Waals surface area contributed by atoms with Crippen molar-refractivity contribution < 1.29 is 27.8 Å². The third-order valence-electron chi connectivity index (χ3n) is 3.92. The van der Waals surface area contributed by atoms with E-state index in [4.69, 9.17) is 16.3 Å². The van der Waals surface area contributed by atoms with E-state index in [2.05, 4.69) is 15.4 Å². The molecule has 0 aliphatic heterocycles. The van der Waals surface area contributed by atoms with E-state index in [1.807, 2.05) is 0 Å². The van der Waals surface area contributed by atoms with Crippen molar-refractivity contribution in [3.63, 3.8) is 0 Å². The Morgan fingerprint density at radius 3 is 2.41 bits per heavy atom. The Morgan fingerprint density at radius 1 is 1.03 bits per heavy atom. The Balaban J connectivity index is 1.72. The van der Waals surface area contributed by atoms with Crippen LogP contribution in [0.4, 0.5) is 8.78 Å². The van der Waals surface area contributed by atoms with E-state index in [9.17, 15) is 18.4 Å². The van der Waals surface area contributed by atoms with Crippen LogP contribution in [0.25, 0.3) is 0 Å². The number of rotatable bonds is 10. The Labute approximate surface area is 172 Å². The highest BCUT2D eigenvalue weighted by molar-refractivity contribution is 6.30. The Morgan fingerprint density at radius 2 is 1.76 bits per heavy atom. The molecule has 0 aliphatic rings. The molecule has 6 nitrogen and oxygen atoms in total. The summed E-state index contributed by atoms with van der Waals surface area (Å²) in [5.74, 6) is -0.385. The third kappa shape index (κ3) is 7.57. The lowest BCUT2D eigenvalue weighted by atomic mass is 10.1. The van der Waals surface area contributed by atoms with Crippen LogP contribution in [0.2, 0.25) is 5.02 Å². The first kappa shape index (κ1) is 22.4. The van der Waals surface area contributed by atoms with Crippen molar-refractivity contribution in [3.05, 3.63) is 58.6 Å². The quantitative estimate of drug-likeness (QED) is 0.610. The van der Waals surface area contributed by atoms with Crippen molar-refractivity contribution >= 4 is 23.4 Å². The van der Waals surface area contributed by atoms with Crippen LogP contribution in [0, 0.1) is 0 Å². The van der Waals surface area contributed by atoms with Crippen molar-refractivity contribution in [1.29, 1.82) is 0 Å². The van der Waals surface area contributed by atoms with Crippen molar-refractivity contribution in [2.75, 3.05) is 20.2 Å². The number of methoxy groups -OCH3 is 1. The van der Waals surface area contributed by atoms with Gasteiger partial charge in [0.15, 0.2) is 11.5 Å². The topological polar surface area (TPSA) is 76.7 Å². The fourth-order valence-corrected chi connectivity index (χ4v) is 2.62. The second-order valence-corrected chi connectivity index (χ2v) is 6.41. The van der Waals surface area contributed by atoms with Gasteiger partial charge in [-0.3, -0.25) is 9.59 Å². The van der Waals surface area contributed by atoms with Gasteiger partial charge in [-0.1, -0.05) is 17.7 Å². The monoisotopic (exact) mass is 426 g/mol. The summed E-state index contributed by atoms with van der Waals surface area (Å²) < 4.78 is 34.3. The maximum atomic E-state index is 12.5. The lowest BCUT2D eigenvalue weighted by Gasteiger charge is -2.12. The summed E-state index contributed by atoms with van der Waals surface area (Å²) in [7, 11) is 1.36. The van der Waals surface area contributed by atoms with Gasteiger partial charge >= 0.3 is 6.61 Å². The zero-order valence-corrected chi connectivity index (χ0v) is 16.5. The maximum absolute atomic E-state index is 12.5. The lowest BCUT2D eigenvalue weighted by molar-refractivity contribution is -0.120. The smallest absolute Gasteiger partial charge is 0.387 e. The van der Waals surface area contributed by atoms with Gasteiger partial charge < -0.3 is 20.1 Å². The summed E-state index contributed by atoms with van der Waals surface area (Å²) in [5, 5.41) is 5.90. The molecule has 0 bridgehead atoms. The summed E-state index contributed by atoms with van der Waals surface area (Å²) in [6.07, 6.45) is 0.536. The predicted octanol–water partition coefficient (Wildman–Crippen LogP) is 3.43. The summed E-state index contributed by atoms with van der Waals surface area (Å²) in [4.78, 5) is 23.8. The second kappa shape index (κ2) is 11.2. The number of hydrogen-bond acceptors (Lipinski definition) is 4. The van der Waals surface area contributed by atoms with Gasteiger partial charge in [0.25, 0.3) is 5.91 Å². The van der Waals surface area contributed by atoms with Gasteiger partial charge in [-0.05, 0) is 48.4 Å². The molecule has 0 heterocycles. The standard InChI is InChI=1S/C20H21ClF2N2O4/c1-28-16-7-2-13(12-17(16)29-20(22)23)8-10-24-18(26)9-11-25-19(27)14-3-5-15(21)6-4-14/h2-7,12,20H,8-11H2,1H3,(H,24,26)(H,25,27). The number of alkyl halides is 2. The van der Waals surface area contributed by atoms with E-state index < -0.39 is 6.61 Å². The Kier molecular flexibility index (Phi) is 8.67. The highest BCUT2D eigenvalue weighted by Crippen LogP contribution is 2.29. The molecule has 0 radical (unpaired) electrons. The summed E-state index contributed by atoms with van der Waals surface area (Å²) in [5.41, 5.74) is 1.16. The summed E-state index contributed by atoms with van der Waals surface area (Å²) >= 11 is 5.77. The van der Waals surface area contributed by atoms with Crippen molar-refractivity contribution in [3.8, 4) is 11.5 Å². The fraction of sp³-hybridized carbons (Fsp3) is 0.300. The minimum atomic E-state index is -2.96. The molecule has 0 aromatic heterocycles. The maximum Gasteiger partial charge on any atom is 0.387 e. The normalized spacial score (nSPS) is 10.5. The molecular formula is C20H21ClF2N2O4. The summed E-state index contributed by atoms with van der Waals surface area (Å²) in [6, 6.07) is 11.1. The first-order valence-electron chi connectivity index (χ1n) is 8.81. The first-order valence-corrected chi connectivity index (χ1v) is 9.19. The molecule has 2 aromatic rings. The average Bonchev–Trinajstić information content (AvgIpc) is 2.68. The number of carbonyl (C=O) groups excluding carboxylic acids is 2. The number of ether oxygens (including phenoxy) is 2. The minimum Gasteiger partial charge on any atom is -0.493 e. The number of hydrogen-bond donors (Lipinski definition) is 2. The van der Waals surface area contributed by atoms with E-state index in [1.54, 1.807) is 30.3 Å². The largest absolute Gasteiger partial charge is 0.493 e. The zero-order chi connectivity index (χ0) is 21.2. The molecule has 2 aromatic carbocycles. The number of benzene rings is 2. The van der Waals surface area contributed by atoms with Gasteiger partial charge in [0, 0.05) is 30.1 Å². The highest BCUT2D eigenvalue weighted by atomic mass is 35.5. The Bertz CT molecular complexity index is 832. The second-order valence-electron chi connectivity index (χ2n) is 5.98. The van der Waals surface area contributed by atoms with E-state index in [0.29, 0.717) is 29.1 Å². The number of amides is 2. The lowest BCUT2D eigenvalue weighted by Crippen LogP contribution is -2.31. The molecule has 0 spiro atoms. The fourth-order valence-electron chi connectivity index (χ4n) is 2.49. The molecule has 0 aliphatic carbocycles.